The Morgan fingerprint density at radius 2 is 0.623 bits per heavy atom. The van der Waals surface area contributed by atoms with Crippen molar-refractivity contribution in [3.8, 4) is 0 Å². The van der Waals surface area contributed by atoms with Crippen molar-refractivity contribution in [3.05, 3.63) is 0 Å². The molecule has 45 heteroatoms. The Morgan fingerprint density at radius 3 is 1.01 bits per heavy atom. The number of hydrogen-bond donors (Lipinski definition) is 9. The number of ether oxygens (including phenoxy) is 9. The third-order valence-corrected chi connectivity index (χ3v) is 31.0. The fourth-order valence-corrected chi connectivity index (χ4v) is 23.5. The Bertz CT molecular complexity index is 3950. The lowest BCUT2D eigenvalue weighted by Gasteiger charge is -2.59. The predicted molar refractivity (Wildman–Crippen MR) is 485 cm³/mol. The van der Waals surface area contributed by atoms with Crippen LogP contribution < -0.4 is 0 Å². The van der Waals surface area contributed by atoms with Crippen molar-refractivity contribution in [2.45, 2.75) is 370 Å². The van der Waals surface area contributed by atoms with Gasteiger partial charge in [-0.2, -0.15) is 79.0 Å². The largest absolute Gasteiger partial charge is 0.461 e. The zero-order valence-corrected chi connectivity index (χ0v) is 85.0. The smallest absolute Gasteiger partial charge is 0.376 e. The molecule has 0 saturated heterocycles. The van der Waals surface area contributed by atoms with Gasteiger partial charge in [-0.25, -0.2) is 43.2 Å². The summed E-state index contributed by atoms with van der Waals surface area (Å²) in [4.78, 5) is 98.0. The predicted octanol–water partition coefficient (Wildman–Crippen LogP) is 17.0. The van der Waals surface area contributed by atoms with E-state index in [1.807, 2.05) is 0 Å². The van der Waals surface area contributed by atoms with Crippen LogP contribution in [-0.4, -0.2) is 269 Å². The molecule has 15 aliphatic carbocycles. The maximum absolute atomic E-state index is 12.8. The molecule has 0 aliphatic heterocycles. The van der Waals surface area contributed by atoms with Gasteiger partial charge >= 0.3 is 107 Å². The summed E-state index contributed by atoms with van der Waals surface area (Å²) in [5, 5.41) is 84.5. The lowest BCUT2D eigenvalue weighted by Crippen LogP contribution is -2.57. The minimum absolute atomic E-state index is 0.00646. The van der Waals surface area contributed by atoms with Gasteiger partial charge in [-0.15, -0.1) is 0 Å². The van der Waals surface area contributed by atoms with Crippen molar-refractivity contribution in [1.29, 1.82) is 0 Å². The molecule has 20 unspecified atom stereocenters. The molecule has 27 nitrogen and oxygen atoms in total. The molecule has 20 atom stereocenters. The second-order valence-corrected chi connectivity index (χ2v) is 44.5. The SMILES string of the molecule is CC(F)(F)C(=O)OCC12CC3CC(CC(O)(C3)C1)C2.CC(F)(F)C(=O)OCC1C2CCC(C2)C1CO.CC(F)(F)C(=O)OCC1CC2CC(O)C1C2.CC(F)(F)C(=O)OCC1CC2CC1CC2O.CC(F)(F)C(=O)OCC1CCC(CO)CC1.CC(F)(F)C(=O)OCC1CCC(O)CC1.CC(F)(F)C(=O)OCC1CCCC(CO)C1.CC(F)(F)C(=O)OCC1CCCC(O)C1.CC(F)(F)C(=O)OCC1CCCCC1CO. The van der Waals surface area contributed by atoms with E-state index in [0.717, 1.165) is 199 Å². The van der Waals surface area contributed by atoms with Gasteiger partial charge in [0.15, 0.2) is 0 Å². The van der Waals surface area contributed by atoms with E-state index >= 15 is 0 Å². The topological polar surface area (TPSA) is 419 Å². The van der Waals surface area contributed by atoms with E-state index in [4.69, 9.17) is 20.1 Å². The molecule has 10 bridgehead atoms. The first-order valence-electron chi connectivity index (χ1n) is 51.3. The number of hydrogen-bond acceptors (Lipinski definition) is 27. The van der Waals surface area contributed by atoms with E-state index in [2.05, 4.69) is 37.9 Å². The number of fused-ring (bicyclic) bond motifs is 6. The number of halogens is 18. The molecule has 848 valence electrons. The molecule has 0 radical (unpaired) electrons. The van der Waals surface area contributed by atoms with Crippen LogP contribution in [0.25, 0.3) is 0 Å². The van der Waals surface area contributed by atoms with E-state index in [1.54, 1.807) is 0 Å². The molecule has 15 saturated carbocycles. The summed E-state index contributed by atoms with van der Waals surface area (Å²) in [6, 6.07) is 0. The number of esters is 9. The minimum atomic E-state index is -3.43. The number of alkyl halides is 18. The lowest BCUT2D eigenvalue weighted by molar-refractivity contribution is -0.197. The Morgan fingerprint density at radius 1 is 0.260 bits per heavy atom. The van der Waals surface area contributed by atoms with Crippen LogP contribution in [0.2, 0.25) is 0 Å². The van der Waals surface area contributed by atoms with Crippen LogP contribution in [0.3, 0.4) is 0 Å². The quantitative estimate of drug-likeness (QED) is 0.0177. The maximum Gasteiger partial charge on any atom is 0.376 e. The van der Waals surface area contributed by atoms with Gasteiger partial charge in [0, 0.05) is 100 Å². The summed E-state index contributed by atoms with van der Waals surface area (Å²) in [5.41, 5.74) is -0.912. The second-order valence-electron chi connectivity index (χ2n) is 44.5. The maximum atomic E-state index is 12.8. The average Bonchev–Trinajstić information content (AvgIpc) is 0.794. The van der Waals surface area contributed by atoms with Gasteiger partial charge in [-0.1, -0.05) is 25.7 Å². The average molecular weight is 2140 g/mol. The molecule has 15 fully saturated rings. The van der Waals surface area contributed by atoms with Gasteiger partial charge in [0.2, 0.25) is 0 Å². The van der Waals surface area contributed by atoms with E-state index in [9.17, 15) is 153 Å². The zero-order valence-electron chi connectivity index (χ0n) is 85.0. The number of aliphatic hydroxyl groups excluding tert-OH is 8. The van der Waals surface area contributed by atoms with Gasteiger partial charge in [0.25, 0.3) is 0 Å². The monoisotopic (exact) mass is 2140 g/mol. The summed E-state index contributed by atoms with van der Waals surface area (Å²) in [6.45, 7) is 5.48. The Labute approximate surface area is 841 Å². The lowest BCUT2D eigenvalue weighted by atomic mass is 9.48. The third-order valence-electron chi connectivity index (χ3n) is 31.0. The molecule has 0 aromatic heterocycles. The molecule has 15 aliphatic rings. The van der Waals surface area contributed by atoms with Gasteiger partial charge in [-0.3, -0.25) is 0 Å². The van der Waals surface area contributed by atoms with E-state index in [-0.39, 0.29) is 193 Å². The first-order chi connectivity index (χ1) is 67.5. The Balaban J connectivity index is 0.000000251. The van der Waals surface area contributed by atoms with E-state index in [1.165, 1.54) is 0 Å². The molecule has 0 heterocycles. The number of carbonyl (C=O) groups is 9. The summed E-state index contributed by atoms with van der Waals surface area (Å²) in [6.07, 6.45) is 28.6. The Hall–Kier alpha value is -6.39. The molecule has 0 amide bonds. The molecule has 15 rings (SSSR count). The number of aliphatic hydroxyl groups is 9. The summed E-state index contributed by atoms with van der Waals surface area (Å²) in [7, 11) is 0. The number of rotatable bonds is 31. The third kappa shape index (κ3) is 43.3. The van der Waals surface area contributed by atoms with Gasteiger partial charge in [-0.05, 0) is 311 Å². The van der Waals surface area contributed by atoms with Crippen LogP contribution in [0.1, 0.15) is 287 Å². The normalized spacial score (nSPS) is 32.6. The standard InChI is InChI=1S/C14H20F2O3.C12H18F2O3.2C11H16F2O3.3C11H18F2O3.2C10H16F2O3/c1-12(15,16)11(17)19-8-13-3-9-2-10(4-13)6-14(18,5-9)7-13;1-12(13,14)11(16)17-6-10-8-3-2-7(4-8)9(10)5-15;1-11(12,13)10(15)16-5-8-3-7-2-6(8)4-9(7)14;1-11(12,13)10(15)16-5-7-2-6-3-8(7)9(14)4-6;1-11(12,13)10(15)16-7-9-4-2-8(6-14)3-5-9;1-11(12,13)10(15)16-7-9-4-2-3-8(5-9)6-14;1-11(12,13)10(15)16-7-9-5-3-2-4-8(9)6-14;1-10(11,12)9(14)15-6-7-2-4-8(13)5-3-7;1-10(11,12)9(14)15-6-7-3-2-4-8(13)5-7/h9-10,18H,2-8H2,1H3;7-10,15H,2-6H2,1H3;2*6-9,14H,2-5H2,1H3;3*8-9,14H,2-7H2,1H3;2*7-8,13H,2-6H2,1H3. The Kier molecular flexibility index (Phi) is 49.6. The van der Waals surface area contributed by atoms with E-state index in [0.29, 0.717) is 129 Å². The highest BCUT2D eigenvalue weighted by molar-refractivity contribution is 5.80. The van der Waals surface area contributed by atoms with Gasteiger partial charge in [0.1, 0.15) is 0 Å². The van der Waals surface area contributed by atoms with Crippen molar-refractivity contribution in [2.24, 2.45) is 124 Å². The minimum Gasteiger partial charge on any atom is -0.461 e. The highest BCUT2D eigenvalue weighted by Gasteiger charge is 2.59. The highest BCUT2D eigenvalue weighted by atomic mass is 19.3. The zero-order chi connectivity index (χ0) is 110. The molecule has 0 aromatic rings. The summed E-state index contributed by atoms with van der Waals surface area (Å²) in [5.74, 6) is -39.4. The van der Waals surface area contributed by atoms with Gasteiger partial charge in [0.05, 0.1) is 89.5 Å². The van der Waals surface area contributed by atoms with Crippen LogP contribution in [0, 0.1) is 124 Å². The van der Waals surface area contributed by atoms with Crippen molar-refractivity contribution < 1.29 is 211 Å². The van der Waals surface area contributed by atoms with E-state index < -0.39 is 113 Å². The van der Waals surface area contributed by atoms with Gasteiger partial charge < -0.3 is 88.6 Å². The highest BCUT2D eigenvalue weighted by Crippen LogP contribution is 2.62. The molecular weight excluding hydrogens is 1990 g/mol. The molecule has 146 heavy (non-hydrogen) atoms. The fraction of sp³-hybridized carbons (Fsp3) is 0.911. The van der Waals surface area contributed by atoms with Crippen LogP contribution in [-0.2, 0) is 85.8 Å². The van der Waals surface area contributed by atoms with Crippen LogP contribution in [0.15, 0.2) is 0 Å². The van der Waals surface area contributed by atoms with Crippen molar-refractivity contribution in [1.82, 2.24) is 0 Å². The molecule has 0 spiro atoms. The summed E-state index contributed by atoms with van der Waals surface area (Å²) < 4.78 is 267. The second kappa shape index (κ2) is 56.5. The van der Waals surface area contributed by atoms with Crippen LogP contribution in [0.5, 0.6) is 0 Å². The first-order valence-corrected chi connectivity index (χ1v) is 51.3. The van der Waals surface area contributed by atoms with Crippen molar-refractivity contribution in [2.75, 3.05) is 85.9 Å². The fourth-order valence-electron chi connectivity index (χ4n) is 23.5. The van der Waals surface area contributed by atoms with Crippen LogP contribution >= 0.6 is 0 Å². The molecule has 0 aromatic carbocycles. The first kappa shape index (κ1) is 128. The van der Waals surface area contributed by atoms with Crippen molar-refractivity contribution >= 4 is 53.7 Å². The molecular formula is C101H156F18O27. The van der Waals surface area contributed by atoms with Crippen LogP contribution in [0.4, 0.5) is 79.0 Å². The summed E-state index contributed by atoms with van der Waals surface area (Å²) >= 11 is 0. The number of carbonyl (C=O) groups excluding carboxylic acids is 9. The molecule has 9 N–H and O–H groups in total. The van der Waals surface area contributed by atoms with Crippen molar-refractivity contribution in [3.63, 3.8) is 0 Å².